The number of pyridine rings is 1. The summed E-state index contributed by atoms with van der Waals surface area (Å²) in [5.41, 5.74) is 11.7. The smallest absolute Gasteiger partial charge is 0.207 e. The number of benzene rings is 1. The quantitative estimate of drug-likeness (QED) is 0.567. The lowest BCUT2D eigenvalue weighted by atomic mass is 10.1. The summed E-state index contributed by atoms with van der Waals surface area (Å²) in [4.78, 5) is 14.3. The molecule has 5 rings (SSSR count). The van der Waals surface area contributed by atoms with Crippen LogP contribution in [-0.2, 0) is 7.05 Å². The van der Waals surface area contributed by atoms with Crippen LogP contribution in [0.4, 0.5) is 11.8 Å². The molecule has 3 aromatic heterocycles. The molecular formula is C22H26N8. The van der Waals surface area contributed by atoms with Crippen molar-refractivity contribution in [2.45, 2.75) is 6.92 Å². The lowest BCUT2D eigenvalue weighted by Gasteiger charge is -2.32. The maximum Gasteiger partial charge on any atom is 0.207 e. The number of para-hydroxylation sites is 1. The van der Waals surface area contributed by atoms with E-state index in [0.717, 1.165) is 65.8 Å². The van der Waals surface area contributed by atoms with Gasteiger partial charge in [-0.2, -0.15) is 5.10 Å². The molecule has 0 atom stereocenters. The zero-order chi connectivity index (χ0) is 20.8. The number of fused-ring (bicyclic) bond motifs is 1. The van der Waals surface area contributed by atoms with Crippen LogP contribution < -0.4 is 10.6 Å². The molecule has 0 amide bonds. The predicted molar refractivity (Wildman–Crippen MR) is 120 cm³/mol. The molecule has 4 heterocycles. The molecule has 0 saturated carbocycles. The van der Waals surface area contributed by atoms with E-state index in [1.807, 2.05) is 50.5 Å². The number of rotatable bonds is 3. The number of nitrogen functional groups attached to an aromatic ring is 1. The van der Waals surface area contributed by atoms with E-state index >= 15 is 0 Å². The first-order valence-corrected chi connectivity index (χ1v) is 10.2. The number of hydrogen-bond donors (Lipinski definition) is 1. The standard InChI is InChI=1S/C22H26N8/c1-15-19(26-30(20(15)23)17-7-5-4-6-8-17)16-13-18-21(24-14-16)28(3)22(25-18)29-11-9-27(2)10-12-29/h4-8,13-14H,9-12,23H2,1-3H3. The highest BCUT2D eigenvalue weighted by atomic mass is 15.4. The van der Waals surface area contributed by atoms with Crippen LogP contribution in [0, 0.1) is 6.92 Å². The molecule has 0 radical (unpaired) electrons. The second kappa shape index (κ2) is 7.14. The summed E-state index contributed by atoms with van der Waals surface area (Å²) in [6.45, 7) is 6.01. The van der Waals surface area contributed by atoms with Crippen LogP contribution in [0.15, 0.2) is 42.6 Å². The molecule has 8 heteroatoms. The molecule has 0 spiro atoms. The monoisotopic (exact) mass is 402 g/mol. The topological polar surface area (TPSA) is 81.0 Å². The number of nitrogens with zero attached hydrogens (tertiary/aromatic N) is 7. The molecule has 8 nitrogen and oxygen atoms in total. The highest BCUT2D eigenvalue weighted by molar-refractivity contribution is 5.81. The van der Waals surface area contributed by atoms with Crippen molar-refractivity contribution < 1.29 is 0 Å². The Morgan fingerprint density at radius 1 is 1.00 bits per heavy atom. The van der Waals surface area contributed by atoms with Crippen molar-refractivity contribution in [1.29, 1.82) is 0 Å². The maximum atomic E-state index is 6.37. The second-order valence-corrected chi connectivity index (χ2v) is 7.93. The van der Waals surface area contributed by atoms with E-state index in [9.17, 15) is 0 Å². The Kier molecular flexibility index (Phi) is 4.43. The van der Waals surface area contributed by atoms with E-state index in [1.54, 1.807) is 4.68 Å². The summed E-state index contributed by atoms with van der Waals surface area (Å²) in [6, 6.07) is 12.0. The van der Waals surface area contributed by atoms with Gasteiger partial charge in [-0.1, -0.05) is 18.2 Å². The van der Waals surface area contributed by atoms with Crippen LogP contribution in [-0.4, -0.2) is 62.4 Å². The molecule has 1 aliphatic heterocycles. The van der Waals surface area contributed by atoms with Crippen LogP contribution >= 0.6 is 0 Å². The number of aromatic nitrogens is 5. The molecule has 0 aliphatic carbocycles. The summed E-state index contributed by atoms with van der Waals surface area (Å²) >= 11 is 0. The molecule has 1 aromatic carbocycles. The first-order chi connectivity index (χ1) is 14.5. The summed E-state index contributed by atoms with van der Waals surface area (Å²) in [6.07, 6.45) is 1.86. The summed E-state index contributed by atoms with van der Waals surface area (Å²) < 4.78 is 3.86. The van der Waals surface area contributed by atoms with Crippen molar-refractivity contribution in [1.82, 2.24) is 29.2 Å². The van der Waals surface area contributed by atoms with Gasteiger partial charge in [0, 0.05) is 50.6 Å². The average molecular weight is 403 g/mol. The van der Waals surface area contributed by atoms with Crippen LogP contribution in [0.5, 0.6) is 0 Å². The van der Waals surface area contributed by atoms with Gasteiger partial charge in [-0.25, -0.2) is 14.6 Å². The lowest BCUT2D eigenvalue weighted by molar-refractivity contribution is 0.310. The van der Waals surface area contributed by atoms with Gasteiger partial charge in [0.1, 0.15) is 11.3 Å². The van der Waals surface area contributed by atoms with Gasteiger partial charge in [0.2, 0.25) is 5.95 Å². The highest BCUT2D eigenvalue weighted by Gasteiger charge is 2.21. The number of anilines is 2. The molecule has 1 aliphatic rings. The second-order valence-electron chi connectivity index (χ2n) is 7.93. The zero-order valence-electron chi connectivity index (χ0n) is 17.6. The molecule has 2 N–H and O–H groups in total. The molecule has 154 valence electrons. The predicted octanol–water partition coefficient (Wildman–Crippen LogP) is 2.46. The van der Waals surface area contributed by atoms with Gasteiger partial charge in [-0.3, -0.25) is 4.57 Å². The van der Waals surface area contributed by atoms with Crippen molar-refractivity contribution in [2.75, 3.05) is 43.9 Å². The maximum absolute atomic E-state index is 6.37. The Morgan fingerprint density at radius 2 is 1.73 bits per heavy atom. The van der Waals surface area contributed by atoms with Gasteiger partial charge in [0.05, 0.1) is 11.4 Å². The number of imidazole rings is 1. The molecule has 4 aromatic rings. The summed E-state index contributed by atoms with van der Waals surface area (Å²) in [7, 11) is 4.19. The third kappa shape index (κ3) is 3.00. The number of piperazine rings is 1. The Bertz CT molecular complexity index is 1200. The van der Waals surface area contributed by atoms with E-state index in [4.69, 9.17) is 20.8 Å². The minimum absolute atomic E-state index is 0.635. The Hall–Kier alpha value is -3.39. The van der Waals surface area contributed by atoms with Gasteiger partial charge >= 0.3 is 0 Å². The van der Waals surface area contributed by atoms with Gasteiger partial charge in [-0.05, 0) is 32.2 Å². The minimum Gasteiger partial charge on any atom is -0.383 e. The number of nitrogens with two attached hydrogens (primary N) is 1. The first kappa shape index (κ1) is 18.6. The number of hydrogen-bond acceptors (Lipinski definition) is 6. The molecule has 30 heavy (non-hydrogen) atoms. The molecule has 0 unspecified atom stereocenters. The van der Waals surface area contributed by atoms with E-state index in [0.29, 0.717) is 5.82 Å². The van der Waals surface area contributed by atoms with E-state index in [1.165, 1.54) is 0 Å². The SMILES string of the molecule is Cc1c(-c2cnc3c(c2)nc(N2CCN(C)CC2)n3C)nn(-c2ccccc2)c1N. The van der Waals surface area contributed by atoms with Crippen molar-refractivity contribution in [3.63, 3.8) is 0 Å². The van der Waals surface area contributed by atoms with E-state index in [-0.39, 0.29) is 0 Å². The van der Waals surface area contributed by atoms with Crippen LogP contribution in [0.2, 0.25) is 0 Å². The number of likely N-dealkylation sites (N-methyl/N-ethyl adjacent to an activating group) is 1. The number of aryl methyl sites for hydroxylation is 1. The molecule has 0 bridgehead atoms. The fourth-order valence-electron chi connectivity index (χ4n) is 4.03. The Morgan fingerprint density at radius 3 is 2.47 bits per heavy atom. The largest absolute Gasteiger partial charge is 0.383 e. The summed E-state index contributed by atoms with van der Waals surface area (Å²) in [5, 5.41) is 4.79. The third-order valence-electron chi connectivity index (χ3n) is 5.91. The van der Waals surface area contributed by atoms with Gasteiger partial charge in [0.15, 0.2) is 5.65 Å². The van der Waals surface area contributed by atoms with Crippen LogP contribution in [0.3, 0.4) is 0 Å². The first-order valence-electron chi connectivity index (χ1n) is 10.2. The van der Waals surface area contributed by atoms with Crippen molar-refractivity contribution in [3.8, 4) is 16.9 Å². The van der Waals surface area contributed by atoms with Crippen molar-refractivity contribution in [2.24, 2.45) is 7.05 Å². The fraction of sp³-hybridized carbons (Fsp3) is 0.318. The fourth-order valence-corrected chi connectivity index (χ4v) is 4.03. The normalized spacial score (nSPS) is 15.2. The van der Waals surface area contributed by atoms with Gasteiger partial charge < -0.3 is 15.5 Å². The molecule has 1 fully saturated rings. The van der Waals surface area contributed by atoms with E-state index < -0.39 is 0 Å². The Labute approximate surface area is 175 Å². The highest BCUT2D eigenvalue weighted by Crippen LogP contribution is 2.30. The molecule has 1 saturated heterocycles. The average Bonchev–Trinajstić information content (AvgIpc) is 3.26. The lowest BCUT2D eigenvalue weighted by Crippen LogP contribution is -2.45. The minimum atomic E-state index is 0.635. The van der Waals surface area contributed by atoms with Gasteiger partial charge in [-0.15, -0.1) is 0 Å². The van der Waals surface area contributed by atoms with Crippen LogP contribution in [0.1, 0.15) is 5.56 Å². The van der Waals surface area contributed by atoms with Crippen LogP contribution in [0.25, 0.3) is 28.1 Å². The van der Waals surface area contributed by atoms with Crippen molar-refractivity contribution in [3.05, 3.63) is 48.2 Å². The third-order valence-corrected chi connectivity index (χ3v) is 5.91. The summed E-state index contributed by atoms with van der Waals surface area (Å²) in [5.74, 6) is 1.60. The van der Waals surface area contributed by atoms with Crippen molar-refractivity contribution >= 4 is 22.9 Å². The van der Waals surface area contributed by atoms with Gasteiger partial charge in [0.25, 0.3) is 0 Å². The van der Waals surface area contributed by atoms with E-state index in [2.05, 4.69) is 27.5 Å². The molecular weight excluding hydrogens is 376 g/mol. The zero-order valence-corrected chi connectivity index (χ0v) is 17.6. The Balaban J connectivity index is 1.55.